The largest absolute Gasteiger partial charge is 0.492 e. The number of aromatic nitrogens is 2. The van der Waals surface area contributed by atoms with Gasteiger partial charge in [-0.3, -0.25) is 13.9 Å². The van der Waals surface area contributed by atoms with Crippen LogP contribution in [0.4, 0.5) is 0 Å². The van der Waals surface area contributed by atoms with Crippen molar-refractivity contribution >= 4 is 10.8 Å². The lowest BCUT2D eigenvalue weighted by Crippen LogP contribution is -2.39. The fourth-order valence-corrected chi connectivity index (χ4v) is 3.16. The fraction of sp³-hybridized carbons (Fsp3) is 0.130. The predicted molar refractivity (Wildman–Crippen MR) is 110 cm³/mol. The van der Waals surface area contributed by atoms with E-state index in [-0.39, 0.29) is 17.8 Å². The first-order valence-corrected chi connectivity index (χ1v) is 9.16. The second-order valence-electron chi connectivity index (χ2n) is 6.56. The van der Waals surface area contributed by atoms with Gasteiger partial charge in [0.1, 0.15) is 12.4 Å². The summed E-state index contributed by atoms with van der Waals surface area (Å²) in [6.45, 7) is 0.952. The van der Waals surface area contributed by atoms with E-state index in [9.17, 15) is 9.59 Å². The molecule has 0 spiro atoms. The molecule has 4 aromatic rings. The summed E-state index contributed by atoms with van der Waals surface area (Å²) >= 11 is 0. The molecule has 0 amide bonds. The van der Waals surface area contributed by atoms with E-state index in [0.29, 0.717) is 13.2 Å². The molecule has 1 heterocycles. The molecule has 0 radical (unpaired) electrons. The highest BCUT2D eigenvalue weighted by atomic mass is 16.5. The molecule has 0 aliphatic carbocycles. The molecule has 140 valence electrons. The van der Waals surface area contributed by atoms with E-state index < -0.39 is 0 Å². The summed E-state index contributed by atoms with van der Waals surface area (Å²) in [6.07, 6.45) is 1.52. The Kier molecular flexibility index (Phi) is 5.06. The van der Waals surface area contributed by atoms with E-state index in [1.807, 2.05) is 66.7 Å². The van der Waals surface area contributed by atoms with Crippen LogP contribution in [0.2, 0.25) is 0 Å². The summed E-state index contributed by atoms with van der Waals surface area (Å²) in [5.41, 5.74) is 0.269. The smallest absolute Gasteiger partial charge is 0.331 e. The van der Waals surface area contributed by atoms with Crippen molar-refractivity contribution in [3.05, 3.63) is 111 Å². The maximum absolute atomic E-state index is 12.7. The summed E-state index contributed by atoms with van der Waals surface area (Å²) in [4.78, 5) is 24.8. The first kappa shape index (κ1) is 17.8. The zero-order valence-electron chi connectivity index (χ0n) is 15.3. The Balaban J connectivity index is 1.48. The van der Waals surface area contributed by atoms with Crippen LogP contribution in [0.15, 0.2) is 94.6 Å². The minimum atomic E-state index is -0.335. The Labute approximate surface area is 162 Å². The van der Waals surface area contributed by atoms with Gasteiger partial charge in [-0.05, 0) is 28.5 Å². The highest BCUT2D eigenvalue weighted by Gasteiger charge is 2.06. The number of hydrogen-bond acceptors (Lipinski definition) is 3. The standard InChI is InChI=1S/C23H20N2O3/c26-22-12-13-24(23(27)25(22)17-18-6-2-1-3-7-18)14-15-28-21-11-10-19-8-4-5-9-20(19)16-21/h1-13,16H,14-15,17H2. The van der Waals surface area contributed by atoms with Crippen LogP contribution in [0.25, 0.3) is 10.8 Å². The number of ether oxygens (including phenoxy) is 1. The predicted octanol–water partition coefficient (Wildman–Crippen LogP) is 3.29. The molecule has 0 saturated carbocycles. The third kappa shape index (κ3) is 3.88. The second kappa shape index (κ2) is 7.96. The lowest BCUT2D eigenvalue weighted by molar-refractivity contribution is 0.294. The lowest BCUT2D eigenvalue weighted by atomic mass is 10.1. The van der Waals surface area contributed by atoms with E-state index >= 15 is 0 Å². The SMILES string of the molecule is O=c1ccn(CCOc2ccc3ccccc3c2)c(=O)n1Cc1ccccc1. The molecule has 28 heavy (non-hydrogen) atoms. The van der Waals surface area contributed by atoms with Gasteiger partial charge < -0.3 is 4.74 Å². The van der Waals surface area contributed by atoms with Crippen LogP contribution in [-0.2, 0) is 13.1 Å². The van der Waals surface area contributed by atoms with Gasteiger partial charge in [0, 0.05) is 12.3 Å². The minimum absolute atomic E-state index is 0.255. The topological polar surface area (TPSA) is 53.2 Å². The molecular formula is C23H20N2O3. The number of rotatable bonds is 6. The van der Waals surface area contributed by atoms with Crippen molar-refractivity contribution in [2.45, 2.75) is 13.1 Å². The number of hydrogen-bond donors (Lipinski definition) is 0. The average Bonchev–Trinajstić information content (AvgIpc) is 2.73. The minimum Gasteiger partial charge on any atom is -0.492 e. The monoisotopic (exact) mass is 372 g/mol. The van der Waals surface area contributed by atoms with Gasteiger partial charge in [0.05, 0.1) is 13.1 Å². The van der Waals surface area contributed by atoms with Crippen LogP contribution in [0, 0.1) is 0 Å². The maximum atomic E-state index is 12.7. The Morgan fingerprint density at radius 1 is 0.786 bits per heavy atom. The van der Waals surface area contributed by atoms with Crippen molar-refractivity contribution in [3.8, 4) is 5.75 Å². The molecule has 0 aliphatic rings. The summed E-state index contributed by atoms with van der Waals surface area (Å²) in [5, 5.41) is 2.26. The van der Waals surface area contributed by atoms with Crippen LogP contribution >= 0.6 is 0 Å². The highest BCUT2D eigenvalue weighted by molar-refractivity contribution is 5.83. The van der Waals surface area contributed by atoms with Crippen molar-refractivity contribution in [1.29, 1.82) is 0 Å². The Morgan fingerprint density at radius 2 is 1.54 bits per heavy atom. The first-order valence-electron chi connectivity index (χ1n) is 9.16. The highest BCUT2D eigenvalue weighted by Crippen LogP contribution is 2.20. The molecule has 0 atom stereocenters. The molecular weight excluding hydrogens is 352 g/mol. The molecule has 3 aromatic carbocycles. The fourth-order valence-electron chi connectivity index (χ4n) is 3.16. The quantitative estimate of drug-likeness (QED) is 0.522. The van der Waals surface area contributed by atoms with Crippen LogP contribution in [0.1, 0.15) is 5.56 Å². The normalized spacial score (nSPS) is 10.9. The van der Waals surface area contributed by atoms with E-state index in [4.69, 9.17) is 4.74 Å². The number of nitrogens with zero attached hydrogens (tertiary/aromatic N) is 2. The van der Waals surface area contributed by atoms with Gasteiger partial charge in [-0.25, -0.2) is 4.79 Å². The average molecular weight is 372 g/mol. The molecule has 0 fully saturated rings. The van der Waals surface area contributed by atoms with Crippen molar-refractivity contribution < 1.29 is 4.74 Å². The maximum Gasteiger partial charge on any atom is 0.331 e. The van der Waals surface area contributed by atoms with Crippen LogP contribution in [0.3, 0.4) is 0 Å². The van der Waals surface area contributed by atoms with Crippen LogP contribution in [-0.4, -0.2) is 15.7 Å². The van der Waals surface area contributed by atoms with E-state index in [1.54, 1.807) is 0 Å². The third-order valence-corrected chi connectivity index (χ3v) is 4.65. The zero-order chi connectivity index (χ0) is 19.3. The summed E-state index contributed by atoms with van der Waals surface area (Å²) in [5.74, 6) is 0.754. The zero-order valence-corrected chi connectivity index (χ0v) is 15.3. The van der Waals surface area contributed by atoms with Crippen LogP contribution < -0.4 is 16.0 Å². The van der Waals surface area contributed by atoms with Crippen molar-refractivity contribution in [3.63, 3.8) is 0 Å². The van der Waals surface area contributed by atoms with Gasteiger partial charge in [0.15, 0.2) is 0 Å². The first-order chi connectivity index (χ1) is 13.7. The van der Waals surface area contributed by atoms with E-state index in [1.165, 1.54) is 21.4 Å². The van der Waals surface area contributed by atoms with Crippen molar-refractivity contribution in [2.24, 2.45) is 0 Å². The van der Waals surface area contributed by atoms with Gasteiger partial charge in [0.25, 0.3) is 5.56 Å². The summed E-state index contributed by atoms with van der Waals surface area (Å²) < 4.78 is 8.56. The second-order valence-corrected chi connectivity index (χ2v) is 6.56. The van der Waals surface area contributed by atoms with Crippen molar-refractivity contribution in [2.75, 3.05) is 6.61 Å². The Bertz CT molecular complexity index is 1210. The van der Waals surface area contributed by atoms with Gasteiger partial charge in [-0.1, -0.05) is 60.7 Å². The van der Waals surface area contributed by atoms with Gasteiger partial charge in [-0.15, -0.1) is 0 Å². The van der Waals surface area contributed by atoms with Crippen molar-refractivity contribution in [1.82, 2.24) is 9.13 Å². The molecule has 0 bridgehead atoms. The summed E-state index contributed by atoms with van der Waals surface area (Å²) in [6, 6.07) is 24.9. The van der Waals surface area contributed by atoms with Crippen LogP contribution in [0.5, 0.6) is 5.75 Å². The molecule has 5 heteroatoms. The van der Waals surface area contributed by atoms with Gasteiger partial charge in [-0.2, -0.15) is 0 Å². The number of fused-ring (bicyclic) bond motifs is 1. The van der Waals surface area contributed by atoms with E-state index in [2.05, 4.69) is 6.07 Å². The molecule has 5 nitrogen and oxygen atoms in total. The molecule has 0 N–H and O–H groups in total. The lowest BCUT2D eigenvalue weighted by Gasteiger charge is -2.11. The summed E-state index contributed by atoms with van der Waals surface area (Å²) in [7, 11) is 0. The van der Waals surface area contributed by atoms with Gasteiger partial charge >= 0.3 is 5.69 Å². The molecule has 0 aliphatic heterocycles. The Morgan fingerprint density at radius 3 is 2.36 bits per heavy atom. The molecule has 4 rings (SSSR count). The number of benzene rings is 3. The molecule has 0 saturated heterocycles. The molecule has 0 unspecified atom stereocenters. The van der Waals surface area contributed by atoms with Gasteiger partial charge in [0.2, 0.25) is 0 Å². The molecule has 1 aromatic heterocycles. The third-order valence-electron chi connectivity index (χ3n) is 4.65. The van der Waals surface area contributed by atoms with E-state index in [0.717, 1.165) is 22.1 Å². The Hall–Kier alpha value is -3.60.